The van der Waals surface area contributed by atoms with Crippen LogP contribution in [0.25, 0.3) is 10.9 Å². The molecule has 5 heteroatoms. The van der Waals surface area contributed by atoms with Crippen molar-refractivity contribution < 1.29 is 4.79 Å². The summed E-state index contributed by atoms with van der Waals surface area (Å²) in [6.07, 6.45) is 0. The number of aromatic nitrogens is 2. The quantitative estimate of drug-likeness (QED) is 0.694. The summed E-state index contributed by atoms with van der Waals surface area (Å²) in [5, 5.41) is 3.77. The number of H-pyrrole nitrogens is 2. The molecule has 0 saturated heterocycles. The van der Waals surface area contributed by atoms with E-state index < -0.39 is 0 Å². The Kier molecular flexibility index (Phi) is 3.55. The summed E-state index contributed by atoms with van der Waals surface area (Å²) in [6, 6.07) is 11.4. The summed E-state index contributed by atoms with van der Waals surface area (Å²) in [6.45, 7) is 3.91. The predicted octanol–water partition coefficient (Wildman–Crippen LogP) is 2.40. The molecule has 0 aliphatic carbocycles. The highest BCUT2D eigenvalue weighted by atomic mass is 16.2. The van der Waals surface area contributed by atoms with Crippen molar-refractivity contribution in [1.29, 1.82) is 0 Å². The summed E-state index contributed by atoms with van der Waals surface area (Å²) in [5.74, 6) is -0.226. The number of aromatic amines is 2. The van der Waals surface area contributed by atoms with Gasteiger partial charge in [0.15, 0.2) is 0 Å². The number of pyridine rings is 1. The van der Waals surface area contributed by atoms with Gasteiger partial charge in [0.05, 0.1) is 0 Å². The molecule has 1 amide bonds. The second kappa shape index (κ2) is 5.52. The Morgan fingerprint density at radius 2 is 1.91 bits per heavy atom. The summed E-state index contributed by atoms with van der Waals surface area (Å²) in [4.78, 5) is 30.0. The van der Waals surface area contributed by atoms with Gasteiger partial charge in [0, 0.05) is 28.7 Å². The Balaban J connectivity index is 1.79. The van der Waals surface area contributed by atoms with Crippen molar-refractivity contribution in [2.24, 2.45) is 0 Å². The molecule has 0 aliphatic rings. The Morgan fingerprint density at radius 1 is 1.14 bits per heavy atom. The molecule has 3 N–H and O–H groups in total. The molecule has 22 heavy (non-hydrogen) atoms. The van der Waals surface area contributed by atoms with Crippen molar-refractivity contribution in [3.8, 4) is 0 Å². The minimum atomic E-state index is -0.226. The van der Waals surface area contributed by atoms with E-state index in [0.717, 1.165) is 22.2 Å². The van der Waals surface area contributed by atoms with E-state index in [9.17, 15) is 9.59 Å². The molecule has 112 valence electrons. The highest BCUT2D eigenvalue weighted by molar-refractivity contribution is 5.97. The number of carbonyl (C=O) groups excluding carboxylic acids is 1. The minimum Gasteiger partial charge on any atom is -0.351 e. The van der Waals surface area contributed by atoms with Gasteiger partial charge in [0.1, 0.15) is 5.69 Å². The van der Waals surface area contributed by atoms with Crippen LogP contribution < -0.4 is 10.9 Å². The van der Waals surface area contributed by atoms with Gasteiger partial charge in [-0.1, -0.05) is 18.2 Å². The lowest BCUT2D eigenvalue weighted by molar-refractivity contribution is 0.0946. The molecule has 0 unspecified atom stereocenters. The maximum atomic E-state index is 12.2. The maximum Gasteiger partial charge on any atom is 0.268 e. The number of rotatable bonds is 3. The van der Waals surface area contributed by atoms with Gasteiger partial charge in [-0.25, -0.2) is 0 Å². The molecule has 0 fully saturated rings. The van der Waals surface area contributed by atoms with Gasteiger partial charge in [-0.15, -0.1) is 0 Å². The fourth-order valence-corrected chi connectivity index (χ4v) is 2.56. The van der Waals surface area contributed by atoms with Gasteiger partial charge in [0.2, 0.25) is 0 Å². The number of nitrogens with one attached hydrogen (secondary N) is 3. The Hall–Kier alpha value is -2.82. The molecule has 0 aliphatic heterocycles. The van der Waals surface area contributed by atoms with E-state index in [1.54, 1.807) is 6.07 Å². The molecule has 0 radical (unpaired) electrons. The maximum absolute atomic E-state index is 12.2. The Morgan fingerprint density at radius 3 is 2.64 bits per heavy atom. The van der Waals surface area contributed by atoms with Crippen molar-refractivity contribution in [2.45, 2.75) is 20.4 Å². The number of benzene rings is 1. The first-order chi connectivity index (χ1) is 10.5. The van der Waals surface area contributed by atoms with Crippen molar-refractivity contribution in [2.75, 3.05) is 0 Å². The zero-order valence-corrected chi connectivity index (χ0v) is 12.5. The van der Waals surface area contributed by atoms with Crippen LogP contribution in [0.2, 0.25) is 0 Å². The van der Waals surface area contributed by atoms with Crippen molar-refractivity contribution in [1.82, 2.24) is 15.3 Å². The first-order valence-corrected chi connectivity index (χ1v) is 7.10. The molecule has 3 aromatic rings. The second-order valence-electron chi connectivity index (χ2n) is 5.40. The van der Waals surface area contributed by atoms with Crippen LogP contribution in [0.5, 0.6) is 0 Å². The molecule has 2 heterocycles. The zero-order valence-electron chi connectivity index (χ0n) is 12.5. The monoisotopic (exact) mass is 295 g/mol. The molecule has 1 aromatic carbocycles. The number of hydrogen-bond acceptors (Lipinski definition) is 2. The summed E-state index contributed by atoms with van der Waals surface area (Å²) in [7, 11) is 0. The van der Waals surface area contributed by atoms with Gasteiger partial charge in [-0.05, 0) is 37.6 Å². The molecule has 5 nitrogen and oxygen atoms in total. The Bertz CT molecular complexity index is 873. The van der Waals surface area contributed by atoms with Crippen LogP contribution in [-0.4, -0.2) is 15.9 Å². The lowest BCUT2D eigenvalue weighted by Crippen LogP contribution is -2.28. The molecule has 0 bridgehead atoms. The fraction of sp³-hybridized carbons (Fsp3) is 0.176. The molecule has 0 saturated carbocycles. The first-order valence-electron chi connectivity index (χ1n) is 7.10. The SMILES string of the molecule is Cc1cc(C)c(CNC(=O)c2cc3ccccc3[nH]2)c(=O)[nH]1. The number of amides is 1. The standard InChI is InChI=1S/C17H17N3O2/c1-10-7-11(2)19-16(21)13(10)9-18-17(22)15-8-12-5-3-4-6-14(12)20-15/h3-8,20H,9H2,1-2H3,(H,18,22)(H,19,21). The van der Waals surface area contributed by atoms with Gasteiger partial charge in [0.25, 0.3) is 11.5 Å². The fourth-order valence-electron chi connectivity index (χ4n) is 2.56. The first kappa shape index (κ1) is 14.1. The number of carbonyl (C=O) groups is 1. The number of para-hydroxylation sites is 1. The minimum absolute atomic E-state index is 0.158. The van der Waals surface area contributed by atoms with E-state index in [1.807, 2.05) is 44.2 Å². The van der Waals surface area contributed by atoms with Crippen molar-refractivity contribution >= 4 is 16.8 Å². The lowest BCUT2D eigenvalue weighted by atomic mass is 10.1. The predicted molar refractivity (Wildman–Crippen MR) is 86.0 cm³/mol. The van der Waals surface area contributed by atoms with E-state index in [4.69, 9.17) is 0 Å². The molecule has 0 spiro atoms. The normalized spacial score (nSPS) is 10.8. The van der Waals surface area contributed by atoms with Crippen LogP contribution >= 0.6 is 0 Å². The number of fused-ring (bicyclic) bond motifs is 1. The van der Waals surface area contributed by atoms with Gasteiger partial charge in [-0.2, -0.15) is 0 Å². The van der Waals surface area contributed by atoms with Crippen molar-refractivity contribution in [3.05, 3.63) is 69.3 Å². The van der Waals surface area contributed by atoms with Crippen LogP contribution in [0, 0.1) is 13.8 Å². The van der Waals surface area contributed by atoms with E-state index in [0.29, 0.717) is 11.3 Å². The molecular weight excluding hydrogens is 278 g/mol. The highest BCUT2D eigenvalue weighted by Gasteiger charge is 2.11. The van der Waals surface area contributed by atoms with Gasteiger partial charge >= 0.3 is 0 Å². The van der Waals surface area contributed by atoms with E-state index in [1.165, 1.54) is 0 Å². The summed E-state index contributed by atoms with van der Waals surface area (Å²) >= 11 is 0. The largest absolute Gasteiger partial charge is 0.351 e. The summed E-state index contributed by atoms with van der Waals surface area (Å²) < 4.78 is 0. The highest BCUT2D eigenvalue weighted by Crippen LogP contribution is 2.14. The Labute approximate surface area is 127 Å². The molecule has 3 rings (SSSR count). The van der Waals surface area contributed by atoms with Crippen LogP contribution in [0.15, 0.2) is 41.2 Å². The average molecular weight is 295 g/mol. The smallest absolute Gasteiger partial charge is 0.268 e. The molecule has 0 atom stereocenters. The van der Waals surface area contributed by atoms with Crippen molar-refractivity contribution in [3.63, 3.8) is 0 Å². The van der Waals surface area contributed by atoms with Crippen LogP contribution in [0.1, 0.15) is 27.3 Å². The average Bonchev–Trinajstić information content (AvgIpc) is 2.89. The number of hydrogen-bond donors (Lipinski definition) is 3. The third-order valence-corrected chi connectivity index (χ3v) is 3.69. The molecule has 2 aromatic heterocycles. The number of aryl methyl sites for hydroxylation is 2. The summed E-state index contributed by atoms with van der Waals surface area (Å²) in [5.41, 5.74) is 3.51. The molecular formula is C17H17N3O2. The van der Waals surface area contributed by atoms with Gasteiger partial charge < -0.3 is 15.3 Å². The topological polar surface area (TPSA) is 77.8 Å². The van der Waals surface area contributed by atoms with E-state index in [-0.39, 0.29) is 18.0 Å². The zero-order chi connectivity index (χ0) is 15.7. The van der Waals surface area contributed by atoms with E-state index >= 15 is 0 Å². The van der Waals surface area contributed by atoms with Crippen LogP contribution in [-0.2, 0) is 6.54 Å². The lowest BCUT2D eigenvalue weighted by Gasteiger charge is -2.07. The second-order valence-corrected chi connectivity index (χ2v) is 5.40. The van der Waals surface area contributed by atoms with Crippen LogP contribution in [0.3, 0.4) is 0 Å². The third kappa shape index (κ3) is 2.65. The van der Waals surface area contributed by atoms with E-state index in [2.05, 4.69) is 15.3 Å². The third-order valence-electron chi connectivity index (χ3n) is 3.69. The van der Waals surface area contributed by atoms with Gasteiger partial charge in [-0.3, -0.25) is 9.59 Å². The van der Waals surface area contributed by atoms with Crippen LogP contribution in [0.4, 0.5) is 0 Å².